The van der Waals surface area contributed by atoms with Crippen molar-refractivity contribution in [3.8, 4) is 0 Å². The van der Waals surface area contributed by atoms with Crippen molar-refractivity contribution in [1.29, 1.82) is 0 Å². The number of hydrogen-bond donors (Lipinski definition) is 1. The van der Waals surface area contributed by atoms with Gasteiger partial charge in [-0.05, 0) is 54.3 Å². The van der Waals surface area contributed by atoms with Crippen LogP contribution in [0.4, 0.5) is 10.1 Å². The highest BCUT2D eigenvalue weighted by Gasteiger charge is 2.26. The highest BCUT2D eigenvalue weighted by molar-refractivity contribution is 7.92. The van der Waals surface area contributed by atoms with E-state index < -0.39 is 25.9 Å². The lowest BCUT2D eigenvalue weighted by Crippen LogP contribution is -2.37. The zero-order valence-electron chi connectivity index (χ0n) is 14.9. The number of nitrogens with one attached hydrogen (secondary N) is 1. The zero-order valence-corrected chi connectivity index (χ0v) is 16.5. The first-order valence-electron chi connectivity index (χ1n) is 8.59. The number of anilines is 1. The van der Waals surface area contributed by atoms with Gasteiger partial charge in [0.05, 0.1) is 10.6 Å². The Hall–Kier alpha value is -1.97. The maximum absolute atomic E-state index is 13.3. The second-order valence-electron chi connectivity index (χ2n) is 6.45. The minimum absolute atomic E-state index is 0.0915. The first kappa shape index (κ1) is 19.8. The molecule has 0 aromatic heterocycles. The number of hydrogen-bond acceptors (Lipinski definition) is 4. The molecule has 1 heterocycles. The van der Waals surface area contributed by atoms with Crippen LogP contribution in [-0.4, -0.2) is 33.4 Å². The standard InChI is InChI=1S/C18H21FN2O4S2/c1-2-10-26(22,23)21-9-8-14-6-7-17(11-15(14)13-21)20-27(24,25)18-5-3-4-16(19)12-18/h3-7,11-12,20H,2,8-10,13H2,1H3. The predicted molar refractivity (Wildman–Crippen MR) is 102 cm³/mol. The van der Waals surface area contributed by atoms with E-state index in [-0.39, 0.29) is 17.2 Å². The van der Waals surface area contributed by atoms with Crippen LogP contribution in [0.2, 0.25) is 0 Å². The molecule has 0 radical (unpaired) electrons. The largest absolute Gasteiger partial charge is 0.280 e. The van der Waals surface area contributed by atoms with Crippen LogP contribution in [-0.2, 0) is 33.0 Å². The lowest BCUT2D eigenvalue weighted by atomic mass is 10.0. The SMILES string of the molecule is CCCS(=O)(=O)N1CCc2ccc(NS(=O)(=O)c3cccc(F)c3)cc2C1. The molecule has 3 rings (SSSR count). The van der Waals surface area contributed by atoms with E-state index in [1.165, 1.54) is 22.5 Å². The summed E-state index contributed by atoms with van der Waals surface area (Å²) in [5, 5.41) is 0. The summed E-state index contributed by atoms with van der Waals surface area (Å²) in [5.41, 5.74) is 2.07. The molecule has 0 fully saturated rings. The molecule has 146 valence electrons. The van der Waals surface area contributed by atoms with E-state index in [9.17, 15) is 21.2 Å². The van der Waals surface area contributed by atoms with Crippen LogP contribution in [0.5, 0.6) is 0 Å². The van der Waals surface area contributed by atoms with Crippen molar-refractivity contribution in [3.05, 3.63) is 59.4 Å². The molecule has 0 atom stereocenters. The Balaban J connectivity index is 1.84. The van der Waals surface area contributed by atoms with E-state index >= 15 is 0 Å². The topological polar surface area (TPSA) is 83.6 Å². The fourth-order valence-electron chi connectivity index (χ4n) is 3.07. The molecule has 0 saturated carbocycles. The molecular formula is C18H21FN2O4S2. The summed E-state index contributed by atoms with van der Waals surface area (Å²) in [6.07, 6.45) is 1.12. The third kappa shape index (κ3) is 4.48. The molecule has 1 N–H and O–H groups in total. The zero-order chi connectivity index (χ0) is 19.7. The summed E-state index contributed by atoms with van der Waals surface area (Å²) in [7, 11) is -7.25. The van der Waals surface area contributed by atoms with E-state index in [4.69, 9.17) is 0 Å². The van der Waals surface area contributed by atoms with Gasteiger partial charge in [0.25, 0.3) is 10.0 Å². The second kappa shape index (κ2) is 7.57. The molecule has 0 bridgehead atoms. The molecule has 0 saturated heterocycles. The maximum atomic E-state index is 13.3. The van der Waals surface area contributed by atoms with E-state index in [1.54, 1.807) is 18.2 Å². The molecule has 2 aromatic carbocycles. The van der Waals surface area contributed by atoms with Gasteiger partial charge in [-0.25, -0.2) is 21.2 Å². The third-order valence-electron chi connectivity index (χ3n) is 4.40. The van der Waals surface area contributed by atoms with Crippen molar-refractivity contribution in [1.82, 2.24) is 4.31 Å². The minimum atomic E-state index is -3.93. The van der Waals surface area contributed by atoms with Gasteiger partial charge >= 0.3 is 0 Å². The Morgan fingerprint density at radius 2 is 1.85 bits per heavy atom. The van der Waals surface area contributed by atoms with Crippen molar-refractivity contribution in [2.45, 2.75) is 31.2 Å². The van der Waals surface area contributed by atoms with Gasteiger partial charge < -0.3 is 0 Å². The highest BCUT2D eigenvalue weighted by atomic mass is 32.2. The number of halogens is 1. The number of rotatable bonds is 6. The van der Waals surface area contributed by atoms with Gasteiger partial charge in [-0.2, -0.15) is 4.31 Å². The molecule has 0 amide bonds. The lowest BCUT2D eigenvalue weighted by molar-refractivity contribution is 0.391. The quantitative estimate of drug-likeness (QED) is 0.791. The molecule has 9 heteroatoms. The van der Waals surface area contributed by atoms with Gasteiger partial charge in [-0.3, -0.25) is 4.72 Å². The first-order valence-corrected chi connectivity index (χ1v) is 11.7. The molecule has 0 spiro atoms. The molecule has 0 aliphatic carbocycles. The molecular weight excluding hydrogens is 391 g/mol. The van der Waals surface area contributed by atoms with Gasteiger partial charge in [0.2, 0.25) is 10.0 Å². The average Bonchev–Trinajstić information content (AvgIpc) is 2.61. The Morgan fingerprint density at radius 1 is 1.07 bits per heavy atom. The van der Waals surface area contributed by atoms with Crippen LogP contribution in [0.3, 0.4) is 0 Å². The fourth-order valence-corrected chi connectivity index (χ4v) is 5.63. The van der Waals surface area contributed by atoms with E-state index in [2.05, 4.69) is 4.72 Å². The van der Waals surface area contributed by atoms with Crippen molar-refractivity contribution in [3.63, 3.8) is 0 Å². The summed E-state index contributed by atoms with van der Waals surface area (Å²) in [6.45, 7) is 2.45. The molecule has 6 nitrogen and oxygen atoms in total. The maximum Gasteiger partial charge on any atom is 0.261 e. The van der Waals surface area contributed by atoms with Crippen molar-refractivity contribution >= 4 is 25.7 Å². The van der Waals surface area contributed by atoms with Gasteiger partial charge in [0.1, 0.15) is 5.82 Å². The van der Waals surface area contributed by atoms with Crippen molar-refractivity contribution < 1.29 is 21.2 Å². The summed E-state index contributed by atoms with van der Waals surface area (Å²) in [6, 6.07) is 9.81. The van der Waals surface area contributed by atoms with Crippen LogP contribution in [0.25, 0.3) is 0 Å². The summed E-state index contributed by atoms with van der Waals surface area (Å²) in [5.74, 6) is -0.547. The van der Waals surface area contributed by atoms with Gasteiger partial charge in [0.15, 0.2) is 0 Å². The molecule has 2 aromatic rings. The first-order chi connectivity index (χ1) is 12.7. The van der Waals surface area contributed by atoms with Crippen LogP contribution < -0.4 is 4.72 Å². The molecule has 27 heavy (non-hydrogen) atoms. The Morgan fingerprint density at radius 3 is 2.56 bits per heavy atom. The second-order valence-corrected chi connectivity index (χ2v) is 10.2. The normalized spacial score (nSPS) is 15.3. The van der Waals surface area contributed by atoms with E-state index in [0.29, 0.717) is 25.1 Å². The van der Waals surface area contributed by atoms with Crippen molar-refractivity contribution in [2.75, 3.05) is 17.0 Å². The van der Waals surface area contributed by atoms with Gasteiger partial charge in [-0.15, -0.1) is 0 Å². The van der Waals surface area contributed by atoms with Crippen LogP contribution in [0.15, 0.2) is 47.4 Å². The van der Waals surface area contributed by atoms with E-state index in [0.717, 1.165) is 17.2 Å². The Kier molecular flexibility index (Phi) is 5.55. The lowest BCUT2D eigenvalue weighted by Gasteiger charge is -2.28. The molecule has 0 unspecified atom stereocenters. The average molecular weight is 413 g/mol. The Labute approximate surface area is 159 Å². The van der Waals surface area contributed by atoms with Gasteiger partial charge in [-0.1, -0.05) is 19.1 Å². The molecule has 1 aliphatic heterocycles. The van der Waals surface area contributed by atoms with Crippen LogP contribution in [0.1, 0.15) is 24.5 Å². The van der Waals surface area contributed by atoms with Gasteiger partial charge in [0, 0.05) is 18.8 Å². The number of benzene rings is 2. The smallest absolute Gasteiger partial charge is 0.261 e. The predicted octanol–water partition coefficient (Wildman–Crippen LogP) is 2.72. The number of fused-ring (bicyclic) bond motifs is 1. The van der Waals surface area contributed by atoms with Crippen LogP contribution >= 0.6 is 0 Å². The minimum Gasteiger partial charge on any atom is -0.280 e. The highest BCUT2D eigenvalue weighted by Crippen LogP contribution is 2.26. The van der Waals surface area contributed by atoms with Crippen LogP contribution in [0, 0.1) is 5.82 Å². The Bertz CT molecular complexity index is 1050. The fraction of sp³-hybridized carbons (Fsp3) is 0.333. The van der Waals surface area contributed by atoms with E-state index in [1.807, 2.05) is 6.92 Å². The third-order valence-corrected chi connectivity index (χ3v) is 7.80. The molecule has 1 aliphatic rings. The van der Waals surface area contributed by atoms with Crippen molar-refractivity contribution in [2.24, 2.45) is 0 Å². The monoisotopic (exact) mass is 412 g/mol. The summed E-state index contributed by atoms with van der Waals surface area (Å²) in [4.78, 5) is -0.174. The number of sulfonamides is 2. The summed E-state index contributed by atoms with van der Waals surface area (Å²) < 4.78 is 66.7. The summed E-state index contributed by atoms with van der Waals surface area (Å²) >= 11 is 0. The number of nitrogens with zero attached hydrogens (tertiary/aromatic N) is 1.